The number of hydrogen-bond donors (Lipinski definition) is 3. The summed E-state index contributed by atoms with van der Waals surface area (Å²) in [5.74, 6) is -0.469. The number of aryl methyl sites for hydroxylation is 1. The molecule has 0 aromatic carbocycles. The van der Waals surface area contributed by atoms with Gasteiger partial charge in [-0.1, -0.05) is 0 Å². The van der Waals surface area contributed by atoms with Crippen molar-refractivity contribution in [3.63, 3.8) is 0 Å². The third-order valence-electron chi connectivity index (χ3n) is 3.73. The Labute approximate surface area is 149 Å². The fourth-order valence-electron chi connectivity index (χ4n) is 2.58. The maximum atomic E-state index is 12.3. The summed E-state index contributed by atoms with van der Waals surface area (Å²) in [5, 5.41) is 3.76. The van der Waals surface area contributed by atoms with Crippen molar-refractivity contribution in [3.8, 4) is 0 Å². The van der Waals surface area contributed by atoms with E-state index in [2.05, 4.69) is 20.5 Å². The van der Waals surface area contributed by atoms with E-state index >= 15 is 0 Å². The number of nitrogens with one attached hydrogen (secondary N) is 3. The van der Waals surface area contributed by atoms with Crippen LogP contribution >= 0.6 is 0 Å². The molecule has 1 fully saturated rings. The molecule has 2 amide bonds. The lowest BCUT2D eigenvalue weighted by Gasteiger charge is -2.27. The van der Waals surface area contributed by atoms with Crippen molar-refractivity contribution in [1.82, 2.24) is 20.3 Å². The van der Waals surface area contributed by atoms with E-state index < -0.39 is 34.9 Å². The molecule has 0 bridgehead atoms. The third kappa shape index (κ3) is 4.80. The highest BCUT2D eigenvalue weighted by molar-refractivity contribution is 5.88. The molecule has 1 saturated heterocycles. The number of hydrogen-bond acceptors (Lipinski definition) is 6. The SMILES string of the molecule is Cc1[nH]c(=O)[nH]c(=O)c1C=NNC(=O)[C@@H]1CCCN1C(=O)OC(C)(C)C. The number of H-pyrrole nitrogens is 2. The number of carbonyl (C=O) groups is 2. The zero-order valence-electron chi connectivity index (χ0n) is 15.2. The van der Waals surface area contributed by atoms with Crippen LogP contribution in [0.5, 0.6) is 0 Å². The Balaban J connectivity index is 2.04. The minimum absolute atomic E-state index is 0.125. The first-order valence-electron chi connectivity index (χ1n) is 8.24. The third-order valence-corrected chi connectivity index (χ3v) is 3.73. The summed E-state index contributed by atoms with van der Waals surface area (Å²) in [7, 11) is 0. The minimum atomic E-state index is -0.683. The first kappa shape index (κ1) is 19.4. The standard InChI is InChI=1S/C16H23N5O5/c1-9-10(12(22)19-14(24)18-9)8-17-20-13(23)11-6-5-7-21(11)15(25)26-16(2,3)4/h8,11H,5-7H2,1-4H3,(H,20,23)(H2,18,19,22,24)/t11-/m0/s1. The molecule has 2 heterocycles. The molecule has 0 saturated carbocycles. The molecule has 0 unspecified atom stereocenters. The van der Waals surface area contributed by atoms with E-state index in [0.717, 1.165) is 6.21 Å². The summed E-state index contributed by atoms with van der Waals surface area (Å²) in [6.45, 7) is 7.23. The molecular formula is C16H23N5O5. The zero-order chi connectivity index (χ0) is 19.5. The van der Waals surface area contributed by atoms with Crippen molar-refractivity contribution in [1.29, 1.82) is 0 Å². The molecule has 142 valence electrons. The Bertz CT molecular complexity index is 833. The van der Waals surface area contributed by atoms with Gasteiger partial charge in [0.25, 0.3) is 11.5 Å². The molecule has 26 heavy (non-hydrogen) atoms. The van der Waals surface area contributed by atoms with Gasteiger partial charge in [0.15, 0.2) is 0 Å². The number of rotatable bonds is 3. The van der Waals surface area contributed by atoms with Crippen LogP contribution in [0.25, 0.3) is 0 Å². The number of amides is 2. The second kappa shape index (κ2) is 7.54. The van der Waals surface area contributed by atoms with E-state index in [9.17, 15) is 19.2 Å². The minimum Gasteiger partial charge on any atom is -0.444 e. The summed E-state index contributed by atoms with van der Waals surface area (Å²) < 4.78 is 5.31. The first-order chi connectivity index (χ1) is 12.1. The number of aromatic amines is 2. The van der Waals surface area contributed by atoms with E-state index in [1.54, 1.807) is 27.7 Å². The van der Waals surface area contributed by atoms with Crippen LogP contribution in [-0.4, -0.2) is 51.3 Å². The molecule has 0 radical (unpaired) electrons. The quantitative estimate of drug-likeness (QED) is 0.520. The van der Waals surface area contributed by atoms with Gasteiger partial charge in [-0.05, 0) is 40.5 Å². The molecule has 1 aliphatic rings. The van der Waals surface area contributed by atoms with Crippen molar-refractivity contribution in [2.45, 2.75) is 52.2 Å². The topological polar surface area (TPSA) is 137 Å². The Hall–Kier alpha value is -2.91. The average molecular weight is 365 g/mol. The molecule has 10 nitrogen and oxygen atoms in total. The largest absolute Gasteiger partial charge is 0.444 e. The number of hydrazone groups is 1. The molecule has 0 spiro atoms. The summed E-state index contributed by atoms with van der Waals surface area (Å²) >= 11 is 0. The van der Waals surface area contributed by atoms with Gasteiger partial charge in [-0.2, -0.15) is 5.10 Å². The second-order valence-corrected chi connectivity index (χ2v) is 7.01. The Kier molecular flexibility index (Phi) is 5.63. The Morgan fingerprint density at radius 1 is 1.31 bits per heavy atom. The van der Waals surface area contributed by atoms with Gasteiger partial charge in [0.05, 0.1) is 11.8 Å². The van der Waals surface area contributed by atoms with E-state index in [-0.39, 0.29) is 5.56 Å². The van der Waals surface area contributed by atoms with Crippen LogP contribution in [0, 0.1) is 6.92 Å². The monoisotopic (exact) mass is 365 g/mol. The van der Waals surface area contributed by atoms with Crippen LogP contribution in [0.2, 0.25) is 0 Å². The van der Waals surface area contributed by atoms with Gasteiger partial charge in [-0.15, -0.1) is 0 Å². The normalized spacial score (nSPS) is 17.5. The summed E-state index contributed by atoms with van der Waals surface area (Å²) in [6, 6.07) is -0.683. The molecule has 2 rings (SSSR count). The van der Waals surface area contributed by atoms with Crippen LogP contribution in [0.3, 0.4) is 0 Å². The van der Waals surface area contributed by atoms with Gasteiger partial charge in [0.1, 0.15) is 11.6 Å². The van der Waals surface area contributed by atoms with Gasteiger partial charge in [-0.3, -0.25) is 19.5 Å². The van der Waals surface area contributed by atoms with Crippen LogP contribution in [-0.2, 0) is 9.53 Å². The van der Waals surface area contributed by atoms with Crippen molar-refractivity contribution >= 4 is 18.2 Å². The number of aromatic nitrogens is 2. The van der Waals surface area contributed by atoms with Crippen molar-refractivity contribution in [2.75, 3.05) is 6.54 Å². The molecule has 0 aliphatic carbocycles. The van der Waals surface area contributed by atoms with Gasteiger partial charge < -0.3 is 9.72 Å². The maximum Gasteiger partial charge on any atom is 0.410 e. The van der Waals surface area contributed by atoms with E-state index in [4.69, 9.17) is 4.74 Å². The maximum absolute atomic E-state index is 12.3. The van der Waals surface area contributed by atoms with Gasteiger partial charge in [-0.25, -0.2) is 15.0 Å². The van der Waals surface area contributed by atoms with Crippen LogP contribution in [0.1, 0.15) is 44.9 Å². The molecule has 1 aromatic rings. The predicted molar refractivity (Wildman–Crippen MR) is 94.1 cm³/mol. The molecule has 1 aliphatic heterocycles. The van der Waals surface area contributed by atoms with E-state index in [1.165, 1.54) is 4.90 Å². The van der Waals surface area contributed by atoms with E-state index in [0.29, 0.717) is 25.1 Å². The fourth-order valence-corrected chi connectivity index (χ4v) is 2.58. The Morgan fingerprint density at radius 3 is 2.62 bits per heavy atom. The fraction of sp³-hybridized carbons (Fsp3) is 0.562. The zero-order valence-corrected chi connectivity index (χ0v) is 15.2. The van der Waals surface area contributed by atoms with Crippen LogP contribution < -0.4 is 16.7 Å². The highest BCUT2D eigenvalue weighted by Crippen LogP contribution is 2.20. The van der Waals surface area contributed by atoms with Gasteiger partial charge in [0.2, 0.25) is 0 Å². The van der Waals surface area contributed by atoms with Crippen LogP contribution in [0.4, 0.5) is 4.79 Å². The lowest BCUT2D eigenvalue weighted by molar-refractivity contribution is -0.125. The number of carbonyl (C=O) groups excluding carboxylic acids is 2. The number of nitrogens with zero attached hydrogens (tertiary/aromatic N) is 2. The lowest BCUT2D eigenvalue weighted by atomic mass is 10.2. The number of likely N-dealkylation sites (tertiary alicyclic amines) is 1. The summed E-state index contributed by atoms with van der Waals surface area (Å²) in [6.07, 6.45) is 1.78. The molecule has 10 heteroatoms. The summed E-state index contributed by atoms with van der Waals surface area (Å²) in [4.78, 5) is 53.3. The molecule has 1 aromatic heterocycles. The summed E-state index contributed by atoms with van der Waals surface area (Å²) in [5.41, 5.74) is 0.899. The number of ether oxygens (including phenoxy) is 1. The lowest BCUT2D eigenvalue weighted by Crippen LogP contribution is -2.46. The van der Waals surface area contributed by atoms with Crippen molar-refractivity contribution in [3.05, 3.63) is 32.1 Å². The smallest absolute Gasteiger partial charge is 0.410 e. The van der Waals surface area contributed by atoms with Crippen molar-refractivity contribution in [2.24, 2.45) is 5.10 Å². The molecular weight excluding hydrogens is 342 g/mol. The molecule has 1 atom stereocenters. The van der Waals surface area contributed by atoms with E-state index in [1.807, 2.05) is 0 Å². The highest BCUT2D eigenvalue weighted by atomic mass is 16.6. The predicted octanol–water partition coefficient (Wildman–Crippen LogP) is 0.221. The first-order valence-corrected chi connectivity index (χ1v) is 8.24. The van der Waals surface area contributed by atoms with Gasteiger partial charge in [0, 0.05) is 12.2 Å². The highest BCUT2D eigenvalue weighted by Gasteiger charge is 2.36. The average Bonchev–Trinajstić information content (AvgIpc) is 2.97. The van der Waals surface area contributed by atoms with Gasteiger partial charge >= 0.3 is 11.8 Å². The second-order valence-electron chi connectivity index (χ2n) is 7.01. The van der Waals surface area contributed by atoms with Crippen molar-refractivity contribution < 1.29 is 14.3 Å². The molecule has 3 N–H and O–H groups in total. The Morgan fingerprint density at radius 2 is 2.00 bits per heavy atom. The van der Waals surface area contributed by atoms with Crippen LogP contribution in [0.15, 0.2) is 14.7 Å².